The second-order valence-electron chi connectivity index (χ2n) is 16.6. The maximum atomic E-state index is 15.5. The van der Waals surface area contributed by atoms with E-state index in [2.05, 4.69) is 20.4 Å². The average molecular weight is 940 g/mol. The number of imide groups is 2. The molecule has 0 aromatic heterocycles. The van der Waals surface area contributed by atoms with Crippen LogP contribution in [-0.2, 0) is 24.6 Å². The summed E-state index contributed by atoms with van der Waals surface area (Å²) in [6.07, 6.45) is -3.57. The molecule has 0 spiro atoms. The predicted molar refractivity (Wildman–Crippen MR) is 239 cm³/mol. The Bertz CT molecular complexity index is 2840. The highest BCUT2D eigenvalue weighted by Crippen LogP contribution is 2.65. The summed E-state index contributed by atoms with van der Waals surface area (Å²) in [4.78, 5) is 62.9. The number of ether oxygens (including phenoxy) is 2. The van der Waals surface area contributed by atoms with Gasteiger partial charge in [0, 0.05) is 36.3 Å². The van der Waals surface area contributed by atoms with Gasteiger partial charge >= 0.3 is 6.36 Å². The second-order valence-corrected chi connectivity index (χ2v) is 17.5. The molecule has 5 aromatic carbocycles. The number of fused-ring (bicyclic) bond motifs is 4. The van der Waals surface area contributed by atoms with E-state index in [4.69, 9.17) is 27.9 Å². The summed E-state index contributed by atoms with van der Waals surface area (Å²) >= 11 is 12.7. The monoisotopic (exact) mass is 938 g/mol. The van der Waals surface area contributed by atoms with E-state index in [-0.39, 0.29) is 45.4 Å². The lowest BCUT2D eigenvalue weighted by Gasteiger charge is -2.50. The van der Waals surface area contributed by atoms with Gasteiger partial charge in [0.2, 0.25) is 11.8 Å². The number of nitrogens with one attached hydrogen (secondary N) is 1. The summed E-state index contributed by atoms with van der Waals surface area (Å²) < 4.78 is 51.1. The van der Waals surface area contributed by atoms with E-state index in [0.717, 1.165) is 33.8 Å². The van der Waals surface area contributed by atoms with Gasteiger partial charge in [-0.1, -0.05) is 47.0 Å². The Morgan fingerprint density at radius 2 is 1.45 bits per heavy atom. The summed E-state index contributed by atoms with van der Waals surface area (Å²) in [5.41, 5.74) is 3.84. The van der Waals surface area contributed by atoms with Gasteiger partial charge in [-0.3, -0.25) is 29.5 Å². The van der Waals surface area contributed by atoms with Crippen molar-refractivity contribution in [3.05, 3.63) is 142 Å². The Kier molecular flexibility index (Phi) is 11.3. The number of benzene rings is 5. The fraction of sp³-hybridized carbons (Fsp3) is 0.250. The van der Waals surface area contributed by atoms with Crippen molar-refractivity contribution in [1.82, 2.24) is 5.01 Å². The number of amides is 4. The van der Waals surface area contributed by atoms with Gasteiger partial charge in [0.05, 0.1) is 58.1 Å². The number of hydrazine groups is 1. The van der Waals surface area contributed by atoms with Crippen LogP contribution in [0.4, 0.5) is 41.6 Å². The van der Waals surface area contributed by atoms with Crippen LogP contribution in [0, 0.1) is 23.7 Å². The molecule has 66 heavy (non-hydrogen) atoms. The molecular weight excluding hydrogens is 900 g/mol. The van der Waals surface area contributed by atoms with Gasteiger partial charge in [0.15, 0.2) is 0 Å². The van der Waals surface area contributed by atoms with E-state index >= 15 is 9.59 Å². The molecule has 0 unspecified atom stereocenters. The van der Waals surface area contributed by atoms with Gasteiger partial charge in [-0.25, -0.2) is 0 Å². The lowest BCUT2D eigenvalue weighted by molar-refractivity contribution is -0.274. The minimum absolute atomic E-state index is 0.000327. The van der Waals surface area contributed by atoms with E-state index in [1.165, 1.54) is 25.3 Å². The van der Waals surface area contributed by atoms with Crippen LogP contribution in [0.2, 0.25) is 10.0 Å². The third-order valence-corrected chi connectivity index (χ3v) is 13.4. The quantitative estimate of drug-likeness (QED) is 0.0791. The van der Waals surface area contributed by atoms with E-state index in [9.17, 15) is 27.9 Å². The minimum atomic E-state index is -5.13. The first-order chi connectivity index (χ1) is 31.5. The predicted octanol–water partition coefficient (Wildman–Crippen LogP) is 10.3. The number of phenolic OH excluding ortho intramolecular Hbond substituents is 1. The molecule has 5 aromatic rings. The summed E-state index contributed by atoms with van der Waals surface area (Å²) in [5, 5.41) is 21.5. The number of nitrogens with zero attached hydrogens (tertiary/aromatic N) is 5. The number of azo groups is 1. The number of alkyl halides is 3. The van der Waals surface area contributed by atoms with Gasteiger partial charge in [-0.05, 0) is 121 Å². The van der Waals surface area contributed by atoms with Crippen LogP contribution in [0.5, 0.6) is 17.2 Å². The zero-order valence-electron chi connectivity index (χ0n) is 35.3. The Morgan fingerprint density at radius 1 is 0.803 bits per heavy atom. The number of hydrogen-bond acceptors (Lipinski definition) is 11. The zero-order valence-corrected chi connectivity index (χ0v) is 36.8. The number of methoxy groups -OCH3 is 1. The fourth-order valence-corrected chi connectivity index (χ4v) is 10.5. The molecule has 13 nitrogen and oxygen atoms in total. The van der Waals surface area contributed by atoms with Crippen LogP contribution in [0.25, 0.3) is 0 Å². The Morgan fingerprint density at radius 3 is 2.08 bits per heavy atom. The molecule has 1 saturated carbocycles. The Hall–Kier alpha value is -6.91. The normalized spacial score (nSPS) is 23.7. The van der Waals surface area contributed by atoms with Gasteiger partial charge in [0.1, 0.15) is 17.2 Å². The topological polar surface area (TPSA) is 153 Å². The van der Waals surface area contributed by atoms with Crippen molar-refractivity contribution >= 4 is 75.3 Å². The molecule has 9 rings (SSSR count). The molecule has 4 aliphatic rings. The van der Waals surface area contributed by atoms with Crippen LogP contribution in [0.1, 0.15) is 29.9 Å². The molecule has 4 amide bonds. The number of carbonyl (C=O) groups is 4. The number of phenols is 1. The van der Waals surface area contributed by atoms with Crippen LogP contribution >= 0.6 is 23.2 Å². The second kappa shape index (κ2) is 16.8. The Balaban J connectivity index is 1.14. The van der Waals surface area contributed by atoms with Gasteiger partial charge in [-0.15, -0.1) is 13.2 Å². The first kappa shape index (κ1) is 44.3. The van der Waals surface area contributed by atoms with Crippen molar-refractivity contribution in [1.29, 1.82) is 0 Å². The van der Waals surface area contributed by atoms with Crippen molar-refractivity contribution in [3.8, 4) is 17.2 Å². The summed E-state index contributed by atoms with van der Waals surface area (Å²) in [6.45, 7) is 0. The molecule has 3 fully saturated rings. The van der Waals surface area contributed by atoms with Crippen LogP contribution < -0.4 is 24.7 Å². The molecule has 0 radical (unpaired) electrons. The maximum Gasteiger partial charge on any atom is 0.573 e. The third kappa shape index (κ3) is 7.56. The highest BCUT2D eigenvalue weighted by Gasteiger charge is 2.71. The van der Waals surface area contributed by atoms with Crippen LogP contribution in [0.15, 0.2) is 131 Å². The lowest BCUT2D eigenvalue weighted by atomic mass is 9.49. The van der Waals surface area contributed by atoms with Gasteiger partial charge < -0.3 is 19.5 Å². The van der Waals surface area contributed by atoms with Crippen molar-refractivity contribution in [3.63, 3.8) is 0 Å². The highest BCUT2D eigenvalue weighted by molar-refractivity contribution is 6.36. The van der Waals surface area contributed by atoms with E-state index in [1.54, 1.807) is 54.6 Å². The number of rotatable bonds is 10. The fourth-order valence-electron chi connectivity index (χ4n) is 10.0. The summed E-state index contributed by atoms with van der Waals surface area (Å²) in [6, 6.07) is 27.5. The molecule has 338 valence electrons. The summed E-state index contributed by atoms with van der Waals surface area (Å²) in [7, 11) is 5.30. The van der Waals surface area contributed by atoms with Crippen LogP contribution in [0.3, 0.4) is 0 Å². The molecule has 2 aliphatic carbocycles. The van der Waals surface area contributed by atoms with Crippen molar-refractivity contribution in [2.24, 2.45) is 33.9 Å². The van der Waals surface area contributed by atoms with E-state index in [0.29, 0.717) is 22.7 Å². The van der Waals surface area contributed by atoms with Crippen molar-refractivity contribution in [2.75, 3.05) is 36.4 Å². The number of allylic oxidation sites excluding steroid dienone is 2. The number of halogens is 5. The minimum Gasteiger partial charge on any atom is -0.508 e. The van der Waals surface area contributed by atoms with Crippen LogP contribution in [-0.4, -0.2) is 61.3 Å². The summed E-state index contributed by atoms with van der Waals surface area (Å²) in [5.74, 6) is -9.01. The molecule has 2 saturated heterocycles. The standard InChI is InChI=1S/C48H39Cl2F3N6O7/c1-57(2)29-11-7-27(8-12-29)54-55-28-9-13-30(14-10-28)58-43(61)34-19-18-33-35(41(34)45(58)63)24-37-44(62)59(56-39-20-6-26(49)22-38(39)50)46(64)47(37,25-4-15-31(65-3)16-5-25)42(33)36-23-32(17-21-40(36)60)66-48(51,52)53/h4-18,20-23,34-35,37,41-42,56,60H,19,24H2,1-3H3/t34-,35+,37-,41-,42+,47+/m0/s1. The molecule has 2 N–H and O–H groups in total. The van der Waals surface area contributed by atoms with Crippen molar-refractivity contribution in [2.45, 2.75) is 30.5 Å². The number of anilines is 3. The zero-order chi connectivity index (χ0) is 46.8. The van der Waals surface area contributed by atoms with E-state index < -0.39 is 76.5 Å². The number of hydrogen-bond donors (Lipinski definition) is 2. The molecule has 6 atom stereocenters. The number of aromatic hydroxyl groups is 1. The largest absolute Gasteiger partial charge is 0.573 e. The maximum absolute atomic E-state index is 15.5. The smallest absolute Gasteiger partial charge is 0.508 e. The lowest BCUT2D eigenvalue weighted by Crippen LogP contribution is -2.53. The third-order valence-electron chi connectivity index (χ3n) is 12.9. The number of carbonyl (C=O) groups excluding carboxylic acids is 4. The Labute approximate surface area is 386 Å². The van der Waals surface area contributed by atoms with Gasteiger partial charge in [-0.2, -0.15) is 15.2 Å². The molecule has 2 heterocycles. The van der Waals surface area contributed by atoms with E-state index in [1.807, 2.05) is 43.3 Å². The molecule has 18 heteroatoms. The molecule has 2 aliphatic heterocycles. The first-order valence-corrected chi connectivity index (χ1v) is 21.5. The SMILES string of the molecule is COc1ccc([C@@]23C(=O)N(Nc4ccc(Cl)cc4Cl)C(=O)[C@@H]2C[C@@H]2C(=CC[C@@H]4C(=O)N(c5ccc(N=Nc6ccc(N(C)C)cc6)cc5)C(=O)[C@@H]42)[C@@H]3c2cc(OC(F)(F)F)ccc2O)cc1. The molecule has 0 bridgehead atoms. The first-order valence-electron chi connectivity index (χ1n) is 20.7. The van der Waals surface area contributed by atoms with Crippen molar-refractivity contribution < 1.29 is 46.9 Å². The molecular formula is C48H39Cl2F3N6O7. The average Bonchev–Trinajstić information content (AvgIpc) is 3.67. The van der Waals surface area contributed by atoms with Gasteiger partial charge in [0.25, 0.3) is 11.8 Å². The highest BCUT2D eigenvalue weighted by atomic mass is 35.5.